The number of fused-ring (bicyclic) bond motifs is 1. The van der Waals surface area contributed by atoms with Gasteiger partial charge in [0.15, 0.2) is 5.69 Å². The first-order valence-electron chi connectivity index (χ1n) is 8.95. The molecule has 1 aromatic carbocycles. The smallest absolute Gasteiger partial charge is 0.321 e. The van der Waals surface area contributed by atoms with Gasteiger partial charge in [0, 0.05) is 43.9 Å². The monoisotopic (exact) mass is 354 g/mol. The number of nitrogens with zero attached hydrogens (tertiary/aromatic N) is 2. The van der Waals surface area contributed by atoms with Crippen molar-refractivity contribution < 1.29 is 9.59 Å². The molecule has 0 unspecified atom stereocenters. The Morgan fingerprint density at radius 1 is 1.08 bits per heavy atom. The average Bonchev–Trinajstić information content (AvgIpc) is 3.33. The van der Waals surface area contributed by atoms with Crippen molar-refractivity contribution in [3.05, 3.63) is 41.2 Å². The summed E-state index contributed by atoms with van der Waals surface area (Å²) in [6, 6.07) is 7.07. The summed E-state index contributed by atoms with van der Waals surface area (Å²) in [4.78, 5) is 26.8. The van der Waals surface area contributed by atoms with E-state index in [9.17, 15) is 9.59 Å². The van der Waals surface area contributed by atoms with Gasteiger partial charge in [-0.1, -0.05) is 12.1 Å². The Kier molecular flexibility index (Phi) is 4.57. The maximum Gasteiger partial charge on any atom is 0.321 e. The van der Waals surface area contributed by atoms with Crippen LogP contribution in [0.1, 0.15) is 34.6 Å². The van der Waals surface area contributed by atoms with Crippen LogP contribution < -0.4 is 16.0 Å². The number of hydrogen-bond acceptors (Lipinski definition) is 4. The SMILES string of the molecule is O=C(Nc1ccccc1NC(=O)N1CCCC1)c1n[nH]c2c1CNCC2. The number of H-pyrrole nitrogens is 1. The Hall–Kier alpha value is -2.87. The molecule has 0 spiro atoms. The van der Waals surface area contributed by atoms with Crippen molar-refractivity contribution in [2.75, 3.05) is 30.3 Å². The minimum Gasteiger partial charge on any atom is -0.325 e. The second-order valence-corrected chi connectivity index (χ2v) is 6.58. The van der Waals surface area contributed by atoms with E-state index in [2.05, 4.69) is 26.1 Å². The van der Waals surface area contributed by atoms with E-state index in [4.69, 9.17) is 0 Å². The molecule has 26 heavy (non-hydrogen) atoms. The van der Waals surface area contributed by atoms with Gasteiger partial charge in [-0.3, -0.25) is 9.89 Å². The number of anilines is 2. The molecule has 2 aromatic rings. The first-order chi connectivity index (χ1) is 12.7. The summed E-state index contributed by atoms with van der Waals surface area (Å²) in [6.45, 7) is 3.04. The van der Waals surface area contributed by atoms with E-state index in [1.165, 1.54) is 0 Å². The predicted octanol–water partition coefficient (Wildman–Crippen LogP) is 1.94. The molecule has 2 aliphatic heterocycles. The van der Waals surface area contributed by atoms with Crippen LogP contribution in [0.3, 0.4) is 0 Å². The van der Waals surface area contributed by atoms with E-state index < -0.39 is 0 Å². The number of para-hydroxylation sites is 2. The maximum absolute atomic E-state index is 12.7. The fourth-order valence-corrected chi connectivity index (χ4v) is 3.41. The highest BCUT2D eigenvalue weighted by molar-refractivity contribution is 6.07. The summed E-state index contributed by atoms with van der Waals surface area (Å²) in [5.74, 6) is -0.283. The molecule has 0 aliphatic carbocycles. The number of nitrogens with one attached hydrogen (secondary N) is 4. The van der Waals surface area contributed by atoms with Crippen molar-refractivity contribution in [2.45, 2.75) is 25.8 Å². The third kappa shape index (κ3) is 3.28. The van der Waals surface area contributed by atoms with Crippen LogP contribution in [0.5, 0.6) is 0 Å². The number of benzene rings is 1. The number of aromatic amines is 1. The lowest BCUT2D eigenvalue weighted by Crippen LogP contribution is -2.32. The molecular formula is C18H22N6O2. The Morgan fingerprint density at radius 3 is 2.58 bits per heavy atom. The average molecular weight is 354 g/mol. The Bertz CT molecular complexity index is 825. The first kappa shape index (κ1) is 16.6. The minimum absolute atomic E-state index is 0.134. The number of likely N-dealkylation sites (tertiary alicyclic amines) is 1. The van der Waals surface area contributed by atoms with Crippen LogP contribution in [0.15, 0.2) is 24.3 Å². The van der Waals surface area contributed by atoms with Gasteiger partial charge in [0.1, 0.15) is 0 Å². The van der Waals surface area contributed by atoms with Crippen molar-refractivity contribution in [1.29, 1.82) is 0 Å². The number of amides is 3. The van der Waals surface area contributed by atoms with E-state index in [-0.39, 0.29) is 11.9 Å². The standard InChI is InChI=1S/C18H22N6O2/c25-17(16-12-11-19-8-7-13(12)22-23-16)20-14-5-1-2-6-15(14)21-18(26)24-9-3-4-10-24/h1-2,5-6,19H,3-4,7-11H2,(H,20,25)(H,21,26)(H,22,23). The quantitative estimate of drug-likeness (QED) is 0.676. The van der Waals surface area contributed by atoms with Crippen molar-refractivity contribution in [3.63, 3.8) is 0 Å². The van der Waals surface area contributed by atoms with E-state index in [1.807, 2.05) is 12.1 Å². The number of hydrogen-bond donors (Lipinski definition) is 4. The van der Waals surface area contributed by atoms with Gasteiger partial charge < -0.3 is 20.9 Å². The summed E-state index contributed by atoms with van der Waals surface area (Å²) >= 11 is 0. The molecule has 3 amide bonds. The normalized spacial score (nSPS) is 16.2. The number of aromatic nitrogens is 2. The van der Waals surface area contributed by atoms with Gasteiger partial charge in [-0.05, 0) is 25.0 Å². The van der Waals surface area contributed by atoms with E-state index in [0.29, 0.717) is 23.6 Å². The van der Waals surface area contributed by atoms with Crippen LogP contribution >= 0.6 is 0 Å². The van der Waals surface area contributed by atoms with Crippen LogP contribution in [-0.2, 0) is 13.0 Å². The van der Waals surface area contributed by atoms with Gasteiger partial charge in [0.2, 0.25) is 0 Å². The number of rotatable bonds is 3. The van der Waals surface area contributed by atoms with Gasteiger partial charge in [0.05, 0.1) is 11.4 Å². The predicted molar refractivity (Wildman–Crippen MR) is 98.2 cm³/mol. The fraction of sp³-hybridized carbons (Fsp3) is 0.389. The van der Waals surface area contributed by atoms with Crippen LogP contribution in [0, 0.1) is 0 Å². The summed E-state index contributed by atoms with van der Waals surface area (Å²) in [6.07, 6.45) is 2.90. The van der Waals surface area contributed by atoms with E-state index in [0.717, 1.165) is 50.2 Å². The summed E-state index contributed by atoms with van der Waals surface area (Å²) in [7, 11) is 0. The van der Waals surface area contributed by atoms with Gasteiger partial charge in [-0.2, -0.15) is 5.10 Å². The van der Waals surface area contributed by atoms with Crippen LogP contribution in [0.25, 0.3) is 0 Å². The van der Waals surface area contributed by atoms with Gasteiger partial charge in [-0.25, -0.2) is 4.79 Å². The lowest BCUT2D eigenvalue weighted by Gasteiger charge is -2.18. The largest absolute Gasteiger partial charge is 0.325 e. The zero-order valence-corrected chi connectivity index (χ0v) is 14.5. The fourth-order valence-electron chi connectivity index (χ4n) is 3.41. The molecule has 8 nitrogen and oxygen atoms in total. The molecular weight excluding hydrogens is 332 g/mol. The third-order valence-electron chi connectivity index (χ3n) is 4.83. The molecule has 1 aromatic heterocycles. The lowest BCUT2D eigenvalue weighted by molar-refractivity contribution is 0.102. The molecule has 0 atom stereocenters. The summed E-state index contributed by atoms with van der Waals surface area (Å²) in [5.41, 5.74) is 3.45. The van der Waals surface area contributed by atoms with Gasteiger partial charge in [-0.15, -0.1) is 0 Å². The van der Waals surface area contributed by atoms with Crippen molar-refractivity contribution in [2.24, 2.45) is 0 Å². The second-order valence-electron chi connectivity index (χ2n) is 6.58. The van der Waals surface area contributed by atoms with Crippen molar-refractivity contribution in [3.8, 4) is 0 Å². The molecule has 0 saturated carbocycles. The highest BCUT2D eigenvalue weighted by Crippen LogP contribution is 2.24. The Labute approximate surface area is 151 Å². The molecule has 1 saturated heterocycles. The molecule has 0 radical (unpaired) electrons. The molecule has 0 bridgehead atoms. The van der Waals surface area contributed by atoms with Crippen molar-refractivity contribution >= 4 is 23.3 Å². The topological polar surface area (TPSA) is 102 Å². The van der Waals surface area contributed by atoms with Gasteiger partial charge >= 0.3 is 6.03 Å². The Morgan fingerprint density at radius 2 is 1.81 bits per heavy atom. The highest BCUT2D eigenvalue weighted by atomic mass is 16.2. The van der Waals surface area contributed by atoms with Crippen LogP contribution in [0.2, 0.25) is 0 Å². The zero-order valence-electron chi connectivity index (χ0n) is 14.5. The number of urea groups is 1. The second kappa shape index (κ2) is 7.17. The summed E-state index contributed by atoms with van der Waals surface area (Å²) in [5, 5.41) is 16.2. The van der Waals surface area contributed by atoms with Crippen LogP contribution in [-0.4, -0.2) is 46.7 Å². The molecule has 136 valence electrons. The zero-order chi connectivity index (χ0) is 17.9. The molecule has 8 heteroatoms. The Balaban J connectivity index is 1.50. The first-order valence-corrected chi connectivity index (χ1v) is 8.95. The third-order valence-corrected chi connectivity index (χ3v) is 4.83. The van der Waals surface area contributed by atoms with Crippen molar-refractivity contribution in [1.82, 2.24) is 20.4 Å². The van der Waals surface area contributed by atoms with E-state index >= 15 is 0 Å². The molecule has 4 rings (SSSR count). The molecule has 4 N–H and O–H groups in total. The van der Waals surface area contributed by atoms with E-state index in [1.54, 1.807) is 17.0 Å². The van der Waals surface area contributed by atoms with Gasteiger partial charge in [0.25, 0.3) is 5.91 Å². The molecule has 3 heterocycles. The number of carbonyl (C=O) groups excluding carboxylic acids is 2. The lowest BCUT2D eigenvalue weighted by atomic mass is 10.1. The number of carbonyl (C=O) groups is 2. The highest BCUT2D eigenvalue weighted by Gasteiger charge is 2.23. The van der Waals surface area contributed by atoms with Crippen LogP contribution in [0.4, 0.5) is 16.2 Å². The summed E-state index contributed by atoms with van der Waals surface area (Å²) < 4.78 is 0. The maximum atomic E-state index is 12.7. The minimum atomic E-state index is -0.283. The molecule has 1 fully saturated rings. The molecule has 2 aliphatic rings.